The summed E-state index contributed by atoms with van der Waals surface area (Å²) >= 11 is 0. The van der Waals surface area contributed by atoms with Gasteiger partial charge in [0.05, 0.1) is 0 Å². The molecule has 2 unspecified atom stereocenters. The van der Waals surface area contributed by atoms with Crippen LogP contribution in [0, 0.1) is 5.92 Å². The van der Waals surface area contributed by atoms with Crippen molar-refractivity contribution in [2.24, 2.45) is 11.7 Å². The number of rotatable bonds is 9. The molecular formula is C12H28N2. The van der Waals surface area contributed by atoms with E-state index in [-0.39, 0.29) is 0 Å². The van der Waals surface area contributed by atoms with E-state index in [0.29, 0.717) is 6.04 Å². The quantitative estimate of drug-likeness (QED) is 0.600. The topological polar surface area (TPSA) is 38.0 Å². The highest BCUT2D eigenvalue weighted by atomic mass is 14.9. The minimum atomic E-state index is 0.676. The van der Waals surface area contributed by atoms with Crippen LogP contribution in [0.5, 0.6) is 0 Å². The third-order valence-electron chi connectivity index (χ3n) is 2.71. The van der Waals surface area contributed by atoms with Gasteiger partial charge in [0, 0.05) is 6.04 Å². The molecule has 0 aromatic rings. The molecule has 0 aromatic carbocycles. The van der Waals surface area contributed by atoms with Gasteiger partial charge in [-0.1, -0.05) is 26.7 Å². The zero-order valence-corrected chi connectivity index (χ0v) is 10.2. The molecule has 0 amide bonds. The van der Waals surface area contributed by atoms with E-state index in [2.05, 4.69) is 26.1 Å². The zero-order valence-electron chi connectivity index (χ0n) is 10.2. The molecule has 0 spiro atoms. The Morgan fingerprint density at radius 3 is 2.43 bits per heavy atom. The van der Waals surface area contributed by atoms with Crippen molar-refractivity contribution in [3.05, 3.63) is 0 Å². The Kier molecular flexibility index (Phi) is 9.42. The summed E-state index contributed by atoms with van der Waals surface area (Å²) in [5.74, 6) is 0.766. The van der Waals surface area contributed by atoms with E-state index in [0.717, 1.165) is 25.4 Å². The normalized spacial score (nSPS) is 15.4. The van der Waals surface area contributed by atoms with Gasteiger partial charge >= 0.3 is 0 Å². The third-order valence-corrected chi connectivity index (χ3v) is 2.71. The molecule has 0 saturated carbocycles. The molecule has 0 rings (SSSR count). The standard InChI is InChI=1S/C12H28N2/c1-4-5-8-12(3)14-10-11(2)7-6-9-13/h11-12,14H,4-10,13H2,1-3H3. The smallest absolute Gasteiger partial charge is 0.00388 e. The van der Waals surface area contributed by atoms with Crippen LogP contribution in [0.4, 0.5) is 0 Å². The second-order valence-corrected chi connectivity index (χ2v) is 4.49. The van der Waals surface area contributed by atoms with Crippen LogP contribution >= 0.6 is 0 Å². The van der Waals surface area contributed by atoms with Crippen LogP contribution in [0.25, 0.3) is 0 Å². The van der Waals surface area contributed by atoms with Gasteiger partial charge < -0.3 is 11.1 Å². The van der Waals surface area contributed by atoms with E-state index < -0.39 is 0 Å². The van der Waals surface area contributed by atoms with E-state index in [1.54, 1.807) is 0 Å². The lowest BCUT2D eigenvalue weighted by Gasteiger charge is -2.17. The lowest BCUT2D eigenvalue weighted by Crippen LogP contribution is -2.30. The molecule has 0 fully saturated rings. The van der Waals surface area contributed by atoms with E-state index in [9.17, 15) is 0 Å². The lowest BCUT2D eigenvalue weighted by molar-refractivity contribution is 0.416. The fourth-order valence-corrected chi connectivity index (χ4v) is 1.58. The number of nitrogens with one attached hydrogen (secondary N) is 1. The SMILES string of the molecule is CCCCC(C)NCC(C)CCCN. The first-order valence-electron chi connectivity index (χ1n) is 6.14. The highest BCUT2D eigenvalue weighted by Crippen LogP contribution is 2.05. The first kappa shape index (κ1) is 13.9. The van der Waals surface area contributed by atoms with E-state index in [1.165, 1.54) is 25.7 Å². The van der Waals surface area contributed by atoms with Gasteiger partial charge in [-0.05, 0) is 45.2 Å². The number of hydrogen-bond donors (Lipinski definition) is 2. The molecule has 0 aliphatic rings. The van der Waals surface area contributed by atoms with Gasteiger partial charge in [0.1, 0.15) is 0 Å². The van der Waals surface area contributed by atoms with Gasteiger partial charge in [-0.3, -0.25) is 0 Å². The van der Waals surface area contributed by atoms with Crippen molar-refractivity contribution < 1.29 is 0 Å². The summed E-state index contributed by atoms with van der Waals surface area (Å²) in [4.78, 5) is 0. The minimum absolute atomic E-state index is 0.676. The van der Waals surface area contributed by atoms with Crippen molar-refractivity contribution in [3.63, 3.8) is 0 Å². The summed E-state index contributed by atoms with van der Waals surface area (Å²) in [6, 6.07) is 0.676. The van der Waals surface area contributed by atoms with Crippen molar-refractivity contribution in [3.8, 4) is 0 Å². The van der Waals surface area contributed by atoms with E-state index >= 15 is 0 Å². The minimum Gasteiger partial charge on any atom is -0.330 e. The van der Waals surface area contributed by atoms with E-state index in [4.69, 9.17) is 5.73 Å². The van der Waals surface area contributed by atoms with Crippen LogP contribution in [0.15, 0.2) is 0 Å². The van der Waals surface area contributed by atoms with Crippen molar-refractivity contribution in [1.29, 1.82) is 0 Å². The summed E-state index contributed by atoms with van der Waals surface area (Å²) < 4.78 is 0. The maximum atomic E-state index is 5.48. The molecule has 0 bridgehead atoms. The van der Waals surface area contributed by atoms with Crippen LogP contribution < -0.4 is 11.1 Å². The molecule has 0 radical (unpaired) electrons. The maximum absolute atomic E-state index is 5.48. The Balaban J connectivity index is 3.31. The summed E-state index contributed by atoms with van der Waals surface area (Å²) in [7, 11) is 0. The van der Waals surface area contributed by atoms with Crippen LogP contribution in [0.2, 0.25) is 0 Å². The third kappa shape index (κ3) is 8.52. The summed E-state index contributed by atoms with van der Waals surface area (Å²) in [6.45, 7) is 8.80. The van der Waals surface area contributed by atoms with Gasteiger partial charge in [0.15, 0.2) is 0 Å². The van der Waals surface area contributed by atoms with Crippen molar-refractivity contribution in [2.75, 3.05) is 13.1 Å². The second-order valence-electron chi connectivity index (χ2n) is 4.49. The first-order chi connectivity index (χ1) is 6.70. The van der Waals surface area contributed by atoms with Crippen LogP contribution in [-0.4, -0.2) is 19.1 Å². The maximum Gasteiger partial charge on any atom is 0.00388 e. The number of nitrogens with two attached hydrogens (primary N) is 1. The Morgan fingerprint density at radius 2 is 1.86 bits per heavy atom. The summed E-state index contributed by atoms with van der Waals surface area (Å²) in [6.07, 6.45) is 6.36. The first-order valence-corrected chi connectivity index (χ1v) is 6.14. The molecule has 0 heterocycles. The zero-order chi connectivity index (χ0) is 10.8. The number of hydrogen-bond acceptors (Lipinski definition) is 2. The van der Waals surface area contributed by atoms with Gasteiger partial charge in [-0.15, -0.1) is 0 Å². The average molecular weight is 200 g/mol. The van der Waals surface area contributed by atoms with Crippen molar-refractivity contribution >= 4 is 0 Å². The Morgan fingerprint density at radius 1 is 1.14 bits per heavy atom. The van der Waals surface area contributed by atoms with Gasteiger partial charge in [0.25, 0.3) is 0 Å². The Hall–Kier alpha value is -0.0800. The second kappa shape index (κ2) is 9.47. The molecule has 14 heavy (non-hydrogen) atoms. The largest absolute Gasteiger partial charge is 0.330 e. The van der Waals surface area contributed by atoms with E-state index in [1.807, 2.05) is 0 Å². The lowest BCUT2D eigenvalue weighted by atomic mass is 10.0. The van der Waals surface area contributed by atoms with Crippen LogP contribution in [0.1, 0.15) is 52.9 Å². The molecule has 2 atom stereocenters. The van der Waals surface area contributed by atoms with Gasteiger partial charge in [0.2, 0.25) is 0 Å². The molecule has 3 N–H and O–H groups in total. The molecule has 2 nitrogen and oxygen atoms in total. The molecular weight excluding hydrogens is 172 g/mol. The molecule has 0 aliphatic heterocycles. The monoisotopic (exact) mass is 200 g/mol. The van der Waals surface area contributed by atoms with Crippen molar-refractivity contribution in [2.45, 2.75) is 58.9 Å². The molecule has 2 heteroatoms. The van der Waals surface area contributed by atoms with Crippen molar-refractivity contribution in [1.82, 2.24) is 5.32 Å². The predicted molar refractivity (Wildman–Crippen MR) is 64.4 cm³/mol. The van der Waals surface area contributed by atoms with Gasteiger partial charge in [-0.2, -0.15) is 0 Å². The molecule has 0 aromatic heterocycles. The Bertz CT molecular complexity index is 101. The highest BCUT2D eigenvalue weighted by Gasteiger charge is 2.04. The summed E-state index contributed by atoms with van der Waals surface area (Å²) in [5.41, 5.74) is 5.48. The molecule has 86 valence electrons. The fourth-order valence-electron chi connectivity index (χ4n) is 1.58. The summed E-state index contributed by atoms with van der Waals surface area (Å²) in [5, 5.41) is 3.59. The molecule has 0 saturated heterocycles. The van der Waals surface area contributed by atoms with Gasteiger partial charge in [-0.25, -0.2) is 0 Å². The predicted octanol–water partition coefficient (Wildman–Crippen LogP) is 2.53. The van der Waals surface area contributed by atoms with Crippen LogP contribution in [0.3, 0.4) is 0 Å². The highest BCUT2D eigenvalue weighted by molar-refractivity contribution is 4.64. The number of unbranched alkanes of at least 4 members (excludes halogenated alkanes) is 1. The molecule has 0 aliphatic carbocycles. The Labute approximate surface area is 89.6 Å². The fraction of sp³-hybridized carbons (Fsp3) is 1.00. The average Bonchev–Trinajstić information content (AvgIpc) is 2.20. The van der Waals surface area contributed by atoms with Crippen LogP contribution in [-0.2, 0) is 0 Å².